The molecule has 0 radical (unpaired) electrons. The highest BCUT2D eigenvalue weighted by atomic mass is 13.8. The van der Waals surface area contributed by atoms with E-state index >= 15 is 0 Å². The van der Waals surface area contributed by atoms with Crippen molar-refractivity contribution in [2.24, 2.45) is 0 Å². The van der Waals surface area contributed by atoms with Gasteiger partial charge in [-0.2, -0.15) is 0 Å². The highest BCUT2D eigenvalue weighted by Crippen LogP contribution is 1.93. The standard InChI is InChI=1S/C8H14.C5H12.C3H8.C2H2/c1-4-6-7-8(3)5-2;1-3-5-4-2;1-3-2;1-2/h5-7H,4H2,1-3H3;3-5H2,1-2H3;3H2,1-2H3;1-2H/b7-6-,8-5-;;;. The zero-order valence-corrected chi connectivity index (χ0v) is 13.9. The summed E-state index contributed by atoms with van der Waals surface area (Å²) in [6, 6.07) is 0. The fourth-order valence-corrected chi connectivity index (χ4v) is 0.754. The van der Waals surface area contributed by atoms with E-state index in [1.54, 1.807) is 0 Å². The summed E-state index contributed by atoms with van der Waals surface area (Å²) in [4.78, 5) is 0. The van der Waals surface area contributed by atoms with Gasteiger partial charge in [0.2, 0.25) is 0 Å². The Bertz CT molecular complexity index is 168. The van der Waals surface area contributed by atoms with Gasteiger partial charge in [0.1, 0.15) is 0 Å². The molecule has 0 spiro atoms. The molecule has 0 aliphatic rings. The van der Waals surface area contributed by atoms with Crippen molar-refractivity contribution in [3.63, 3.8) is 0 Å². The van der Waals surface area contributed by atoms with Crippen molar-refractivity contribution in [2.75, 3.05) is 0 Å². The number of terminal acetylenes is 1. The molecule has 0 saturated carbocycles. The van der Waals surface area contributed by atoms with Crippen LogP contribution in [0.5, 0.6) is 0 Å². The maximum absolute atomic E-state index is 4.00. The Kier molecular flexibility index (Phi) is 51.6. The van der Waals surface area contributed by atoms with Crippen molar-refractivity contribution in [3.05, 3.63) is 23.8 Å². The first-order chi connectivity index (χ1) is 8.64. The van der Waals surface area contributed by atoms with Crippen molar-refractivity contribution >= 4 is 0 Å². The molecular weight excluding hydrogens is 216 g/mol. The van der Waals surface area contributed by atoms with E-state index in [0.717, 1.165) is 6.42 Å². The molecular formula is C18H36. The average Bonchev–Trinajstić information content (AvgIpc) is 2.41. The number of rotatable bonds is 4. The third kappa shape index (κ3) is 59.8. The molecule has 18 heavy (non-hydrogen) atoms. The maximum Gasteiger partial charge on any atom is -0.0376 e. The van der Waals surface area contributed by atoms with Gasteiger partial charge < -0.3 is 0 Å². The maximum atomic E-state index is 4.00. The van der Waals surface area contributed by atoms with Gasteiger partial charge in [-0.3, -0.25) is 0 Å². The second-order valence-corrected chi connectivity index (χ2v) is 3.90. The molecule has 0 aromatic rings. The lowest BCUT2D eigenvalue weighted by Gasteiger charge is -1.84. The monoisotopic (exact) mass is 252 g/mol. The molecule has 0 nitrogen and oxygen atoms in total. The Labute approximate surface area is 118 Å². The Morgan fingerprint density at radius 1 is 0.944 bits per heavy atom. The van der Waals surface area contributed by atoms with Gasteiger partial charge in [0.15, 0.2) is 0 Å². The molecule has 0 amide bonds. The fraction of sp³-hybridized carbons (Fsp3) is 0.667. The van der Waals surface area contributed by atoms with Crippen LogP contribution in [0.1, 0.15) is 80.6 Å². The van der Waals surface area contributed by atoms with E-state index in [2.05, 4.69) is 79.5 Å². The average molecular weight is 252 g/mol. The Morgan fingerprint density at radius 2 is 1.33 bits per heavy atom. The van der Waals surface area contributed by atoms with Crippen molar-refractivity contribution in [1.29, 1.82) is 0 Å². The molecule has 0 heteroatoms. The SMILES string of the molecule is C#C.C/C=C(C)\C=C/CC.CCC.CCCCC. The first kappa shape index (κ1) is 25.8. The summed E-state index contributed by atoms with van der Waals surface area (Å²) in [6.07, 6.45) is 20.9. The number of unbranched alkanes of at least 4 members (excludes halogenated alkanes) is 2. The van der Waals surface area contributed by atoms with Crippen LogP contribution in [0.15, 0.2) is 23.8 Å². The Balaban J connectivity index is -0.0000000842. The van der Waals surface area contributed by atoms with Crippen molar-refractivity contribution < 1.29 is 0 Å². The van der Waals surface area contributed by atoms with Gasteiger partial charge in [-0.25, -0.2) is 0 Å². The Hall–Kier alpha value is -0.960. The highest BCUT2D eigenvalue weighted by molar-refractivity contribution is 5.14. The van der Waals surface area contributed by atoms with E-state index < -0.39 is 0 Å². The molecule has 0 aliphatic carbocycles. The molecule has 0 heterocycles. The third-order valence-electron chi connectivity index (χ3n) is 1.78. The van der Waals surface area contributed by atoms with Gasteiger partial charge in [-0.15, -0.1) is 12.8 Å². The highest BCUT2D eigenvalue weighted by Gasteiger charge is 1.72. The number of hydrogen-bond donors (Lipinski definition) is 0. The lowest BCUT2D eigenvalue weighted by molar-refractivity contribution is 0.772. The van der Waals surface area contributed by atoms with E-state index in [-0.39, 0.29) is 0 Å². The van der Waals surface area contributed by atoms with E-state index in [4.69, 9.17) is 0 Å². The molecule has 0 unspecified atom stereocenters. The minimum Gasteiger partial charge on any atom is -0.124 e. The summed E-state index contributed by atoms with van der Waals surface area (Å²) in [5, 5.41) is 0. The van der Waals surface area contributed by atoms with Crippen LogP contribution in [0.4, 0.5) is 0 Å². The second kappa shape index (κ2) is 36.0. The van der Waals surface area contributed by atoms with Crippen molar-refractivity contribution in [1.82, 2.24) is 0 Å². The summed E-state index contributed by atoms with van der Waals surface area (Å²) in [5.74, 6) is 0. The summed E-state index contributed by atoms with van der Waals surface area (Å²) in [7, 11) is 0. The molecule has 0 fully saturated rings. The summed E-state index contributed by atoms with van der Waals surface area (Å²) in [5.41, 5.74) is 1.34. The molecule has 0 bridgehead atoms. The molecule has 0 atom stereocenters. The van der Waals surface area contributed by atoms with Crippen molar-refractivity contribution in [2.45, 2.75) is 80.6 Å². The van der Waals surface area contributed by atoms with Crippen LogP contribution in [0.2, 0.25) is 0 Å². The lowest BCUT2D eigenvalue weighted by atomic mass is 10.2. The molecule has 0 aromatic carbocycles. The molecule has 0 aliphatic heterocycles. The zero-order chi connectivity index (χ0) is 15.2. The van der Waals surface area contributed by atoms with Gasteiger partial charge in [0, 0.05) is 0 Å². The quantitative estimate of drug-likeness (QED) is 0.382. The fourth-order valence-electron chi connectivity index (χ4n) is 0.754. The van der Waals surface area contributed by atoms with Gasteiger partial charge in [0.25, 0.3) is 0 Å². The largest absolute Gasteiger partial charge is 0.124 e. The van der Waals surface area contributed by atoms with Crippen LogP contribution in [-0.4, -0.2) is 0 Å². The minimum absolute atomic E-state index is 1.13. The first-order valence-electron chi connectivity index (χ1n) is 7.27. The second-order valence-electron chi connectivity index (χ2n) is 3.90. The smallest absolute Gasteiger partial charge is 0.0376 e. The van der Waals surface area contributed by atoms with Gasteiger partial charge in [-0.05, 0) is 20.3 Å². The Morgan fingerprint density at radius 3 is 1.50 bits per heavy atom. The molecule has 108 valence electrons. The topological polar surface area (TPSA) is 0 Å². The summed E-state index contributed by atoms with van der Waals surface area (Å²) >= 11 is 0. The predicted octanol–water partition coefficient (Wildman–Crippen LogP) is 6.78. The van der Waals surface area contributed by atoms with Gasteiger partial charge in [-0.1, -0.05) is 84.1 Å². The molecule has 0 rings (SSSR count). The van der Waals surface area contributed by atoms with Crippen LogP contribution in [0, 0.1) is 12.8 Å². The predicted molar refractivity (Wildman–Crippen MR) is 89.9 cm³/mol. The van der Waals surface area contributed by atoms with Gasteiger partial charge in [0.05, 0.1) is 0 Å². The van der Waals surface area contributed by atoms with Crippen LogP contribution < -0.4 is 0 Å². The molecule has 0 aromatic heterocycles. The van der Waals surface area contributed by atoms with Crippen molar-refractivity contribution in [3.8, 4) is 12.8 Å². The van der Waals surface area contributed by atoms with Crippen LogP contribution in [0.3, 0.4) is 0 Å². The summed E-state index contributed by atoms with van der Waals surface area (Å²) < 4.78 is 0. The van der Waals surface area contributed by atoms with E-state index in [0.29, 0.717) is 0 Å². The van der Waals surface area contributed by atoms with E-state index in [9.17, 15) is 0 Å². The van der Waals surface area contributed by atoms with Crippen LogP contribution >= 0.6 is 0 Å². The normalized spacial score (nSPS) is 9.28. The van der Waals surface area contributed by atoms with Crippen LogP contribution in [0.25, 0.3) is 0 Å². The lowest BCUT2D eigenvalue weighted by Crippen LogP contribution is -1.62. The third-order valence-corrected chi connectivity index (χ3v) is 1.78. The minimum atomic E-state index is 1.13. The number of allylic oxidation sites excluding steroid dienone is 4. The first-order valence-corrected chi connectivity index (χ1v) is 7.27. The zero-order valence-electron chi connectivity index (χ0n) is 13.9. The van der Waals surface area contributed by atoms with E-state index in [1.165, 1.54) is 31.3 Å². The number of hydrogen-bond acceptors (Lipinski definition) is 0. The summed E-state index contributed by atoms with van der Waals surface area (Å²) in [6.45, 7) is 15.0. The molecule has 0 N–H and O–H groups in total. The van der Waals surface area contributed by atoms with Gasteiger partial charge >= 0.3 is 0 Å². The van der Waals surface area contributed by atoms with Crippen LogP contribution in [-0.2, 0) is 0 Å². The molecule has 0 saturated heterocycles. The van der Waals surface area contributed by atoms with E-state index in [1.807, 2.05) is 0 Å².